The summed E-state index contributed by atoms with van der Waals surface area (Å²) in [6, 6.07) is 9.25. The molecule has 2 aromatic carbocycles. The summed E-state index contributed by atoms with van der Waals surface area (Å²) in [6.45, 7) is 3.43. The van der Waals surface area contributed by atoms with Crippen LogP contribution in [0.3, 0.4) is 0 Å². The number of terminal acetylenes is 1. The van der Waals surface area contributed by atoms with Crippen molar-refractivity contribution in [3.63, 3.8) is 0 Å². The number of thiazole rings is 1. The maximum atomic E-state index is 14.2. The highest BCUT2D eigenvalue weighted by Gasteiger charge is 2.45. The van der Waals surface area contributed by atoms with E-state index in [2.05, 4.69) is 10.9 Å². The van der Waals surface area contributed by atoms with E-state index in [1.165, 1.54) is 37.3 Å². The molecule has 4 rings (SSSR count). The number of hydrogen-bond acceptors (Lipinski definition) is 7. The van der Waals surface area contributed by atoms with Gasteiger partial charge in [-0.15, -0.1) is 6.42 Å². The highest BCUT2D eigenvalue weighted by Crippen LogP contribution is 2.38. The van der Waals surface area contributed by atoms with Gasteiger partial charge in [-0.25, -0.2) is 9.79 Å². The van der Waals surface area contributed by atoms with E-state index in [0.717, 1.165) is 15.9 Å². The summed E-state index contributed by atoms with van der Waals surface area (Å²) in [5.41, 5.74) is -2.11. The Morgan fingerprint density at radius 2 is 1.88 bits per heavy atom. The molecule has 0 aliphatic carbocycles. The Morgan fingerprint density at radius 3 is 2.50 bits per heavy atom. The first-order valence-corrected chi connectivity index (χ1v) is 13.2. The van der Waals surface area contributed by atoms with E-state index in [4.69, 9.17) is 32.2 Å². The molecule has 1 aromatic heterocycles. The number of hydrogen-bond donors (Lipinski definition) is 0. The van der Waals surface area contributed by atoms with E-state index in [1.54, 1.807) is 25.1 Å². The number of aromatic nitrogens is 1. The van der Waals surface area contributed by atoms with Gasteiger partial charge in [0, 0.05) is 5.02 Å². The van der Waals surface area contributed by atoms with Crippen molar-refractivity contribution < 1.29 is 32.2 Å². The third kappa shape index (κ3) is 5.93. The van der Waals surface area contributed by atoms with Crippen LogP contribution in [-0.4, -0.2) is 36.5 Å². The van der Waals surface area contributed by atoms with Crippen molar-refractivity contribution in [1.29, 1.82) is 0 Å². The Kier molecular flexibility index (Phi) is 8.71. The van der Waals surface area contributed by atoms with Gasteiger partial charge in [0.05, 0.1) is 29.4 Å². The number of fused-ring (bicyclic) bond motifs is 1. The standard InChI is InChI=1S/C28H22ClF3N2O5S/c1-4-13-39-19-12-7-16(14-20(19)37-5-2)15-21-25(35)34-23(17-8-10-18(29)11-9-17)22(26(36)38-6-3)24(28(30,31)32)33-27(34)40-21/h1,7-12,14-15,23H,5-6,13H2,2-3H3/b21-15-/t23-/m0/s1. The molecule has 1 aliphatic rings. The molecule has 0 radical (unpaired) electrons. The number of nitrogens with zero attached hydrogens (tertiary/aromatic N) is 2. The maximum absolute atomic E-state index is 14.2. The van der Waals surface area contributed by atoms with Crippen molar-refractivity contribution in [3.8, 4) is 23.8 Å². The minimum Gasteiger partial charge on any atom is -0.490 e. The molecule has 3 aromatic rings. The summed E-state index contributed by atoms with van der Waals surface area (Å²) in [5.74, 6) is 1.92. The minimum atomic E-state index is -5.00. The molecule has 1 aliphatic heterocycles. The molecule has 0 N–H and O–H groups in total. The van der Waals surface area contributed by atoms with E-state index in [0.29, 0.717) is 28.7 Å². The first-order chi connectivity index (χ1) is 19.1. The quantitative estimate of drug-likeness (QED) is 0.287. The predicted molar refractivity (Wildman–Crippen MR) is 144 cm³/mol. The van der Waals surface area contributed by atoms with Crippen LogP contribution in [0.2, 0.25) is 5.02 Å². The van der Waals surface area contributed by atoms with E-state index in [9.17, 15) is 22.8 Å². The van der Waals surface area contributed by atoms with Crippen LogP contribution >= 0.6 is 22.9 Å². The topological polar surface area (TPSA) is 79.1 Å². The Bertz CT molecular complexity index is 1680. The summed E-state index contributed by atoms with van der Waals surface area (Å²) in [5, 5.41) is 0.327. The number of ether oxygens (including phenoxy) is 3. The van der Waals surface area contributed by atoms with Gasteiger partial charge in [-0.05, 0) is 55.3 Å². The second kappa shape index (κ2) is 12.0. The number of benzene rings is 2. The number of allylic oxidation sites excluding steroid dienone is 1. The van der Waals surface area contributed by atoms with Gasteiger partial charge in [0.25, 0.3) is 5.56 Å². The van der Waals surface area contributed by atoms with Crippen molar-refractivity contribution in [2.24, 2.45) is 4.99 Å². The van der Waals surface area contributed by atoms with Crippen LogP contribution in [-0.2, 0) is 9.53 Å². The van der Waals surface area contributed by atoms with Crippen molar-refractivity contribution >= 4 is 35.0 Å². The first kappa shape index (κ1) is 29.0. The van der Waals surface area contributed by atoms with Gasteiger partial charge >= 0.3 is 12.1 Å². The number of carbonyl (C=O) groups excluding carboxylic acids is 1. The molecule has 40 heavy (non-hydrogen) atoms. The highest BCUT2D eigenvalue weighted by atomic mass is 35.5. The zero-order valence-corrected chi connectivity index (χ0v) is 22.8. The van der Waals surface area contributed by atoms with Crippen LogP contribution in [0.1, 0.15) is 31.0 Å². The molecule has 7 nitrogen and oxygen atoms in total. The Labute approximate surface area is 235 Å². The molecule has 2 heterocycles. The monoisotopic (exact) mass is 590 g/mol. The fourth-order valence-corrected chi connectivity index (χ4v) is 5.20. The second-order valence-corrected chi connectivity index (χ2v) is 9.69. The molecule has 0 amide bonds. The van der Waals surface area contributed by atoms with E-state index in [-0.39, 0.29) is 28.1 Å². The molecule has 208 valence electrons. The summed E-state index contributed by atoms with van der Waals surface area (Å²) in [6.07, 6.45) is 1.76. The lowest BCUT2D eigenvalue weighted by molar-refractivity contribution is -0.140. The van der Waals surface area contributed by atoms with Crippen molar-refractivity contribution in [3.05, 3.63) is 89.6 Å². The Balaban J connectivity index is 1.96. The number of alkyl halides is 3. The molecular formula is C28H22ClF3N2O5S. The molecule has 0 unspecified atom stereocenters. The normalized spacial score (nSPS) is 15.2. The Morgan fingerprint density at radius 1 is 1.15 bits per heavy atom. The highest BCUT2D eigenvalue weighted by molar-refractivity contribution is 7.07. The molecule has 0 saturated heterocycles. The third-order valence-electron chi connectivity index (χ3n) is 5.66. The molecule has 0 spiro atoms. The zero-order valence-electron chi connectivity index (χ0n) is 21.3. The van der Waals surface area contributed by atoms with E-state index in [1.807, 2.05) is 0 Å². The van der Waals surface area contributed by atoms with E-state index < -0.39 is 35.0 Å². The zero-order chi connectivity index (χ0) is 29.0. The lowest BCUT2D eigenvalue weighted by Crippen LogP contribution is -2.41. The van der Waals surface area contributed by atoms with Crippen LogP contribution in [0.4, 0.5) is 13.2 Å². The van der Waals surface area contributed by atoms with Crippen LogP contribution in [0, 0.1) is 12.3 Å². The fraction of sp³-hybridized carbons (Fsp3) is 0.250. The van der Waals surface area contributed by atoms with Crippen LogP contribution in [0.15, 0.2) is 63.5 Å². The third-order valence-corrected chi connectivity index (χ3v) is 6.89. The summed E-state index contributed by atoms with van der Waals surface area (Å²) < 4.78 is 59.9. The molecule has 0 saturated carbocycles. The van der Waals surface area contributed by atoms with Gasteiger partial charge in [-0.1, -0.05) is 47.1 Å². The minimum absolute atomic E-state index is 0.0209. The van der Waals surface area contributed by atoms with Gasteiger partial charge in [0.1, 0.15) is 6.61 Å². The molecule has 0 fully saturated rings. The smallest absolute Gasteiger partial charge is 0.434 e. The number of esters is 1. The summed E-state index contributed by atoms with van der Waals surface area (Å²) in [7, 11) is 0. The number of carbonyl (C=O) groups is 1. The molecule has 0 bridgehead atoms. The van der Waals surface area contributed by atoms with Gasteiger partial charge in [0.15, 0.2) is 22.0 Å². The van der Waals surface area contributed by atoms with Gasteiger partial charge < -0.3 is 14.2 Å². The largest absolute Gasteiger partial charge is 0.490 e. The summed E-state index contributed by atoms with van der Waals surface area (Å²) >= 11 is 6.76. The maximum Gasteiger partial charge on any atom is 0.434 e. The van der Waals surface area contributed by atoms with Gasteiger partial charge in [0.2, 0.25) is 0 Å². The molecule has 12 heteroatoms. The lowest BCUT2D eigenvalue weighted by Gasteiger charge is -2.26. The number of rotatable bonds is 8. The van der Waals surface area contributed by atoms with Crippen LogP contribution in [0.25, 0.3) is 6.08 Å². The number of halogens is 4. The lowest BCUT2D eigenvalue weighted by atomic mass is 9.95. The average molecular weight is 591 g/mol. The SMILES string of the molecule is C#CCOc1ccc(/C=c2\sc3n(c2=O)[C@@H](c2ccc(Cl)cc2)C(C(=O)OCC)=C(C(F)(F)F)N=3)cc1OCC. The molecule has 1 atom stereocenters. The van der Waals surface area contributed by atoms with Crippen molar-refractivity contribution in [2.75, 3.05) is 19.8 Å². The average Bonchev–Trinajstić information content (AvgIpc) is 3.22. The van der Waals surface area contributed by atoms with Crippen molar-refractivity contribution in [1.82, 2.24) is 4.57 Å². The van der Waals surface area contributed by atoms with Gasteiger partial charge in [-0.2, -0.15) is 13.2 Å². The van der Waals surface area contributed by atoms with Crippen molar-refractivity contribution in [2.45, 2.75) is 26.1 Å². The fourth-order valence-electron chi connectivity index (χ4n) is 4.07. The predicted octanol–water partition coefficient (Wildman–Crippen LogP) is 4.40. The van der Waals surface area contributed by atoms with Crippen LogP contribution in [0.5, 0.6) is 11.5 Å². The second-order valence-electron chi connectivity index (χ2n) is 8.25. The van der Waals surface area contributed by atoms with Gasteiger partial charge in [-0.3, -0.25) is 9.36 Å². The molecular weight excluding hydrogens is 569 g/mol. The van der Waals surface area contributed by atoms with E-state index >= 15 is 0 Å². The summed E-state index contributed by atoms with van der Waals surface area (Å²) in [4.78, 5) is 30.1. The first-order valence-electron chi connectivity index (χ1n) is 12.0. The Hall–Kier alpha value is -4.01. The van der Waals surface area contributed by atoms with Crippen LogP contribution < -0.4 is 24.4 Å².